The van der Waals surface area contributed by atoms with E-state index in [2.05, 4.69) is 52.7 Å². The highest BCUT2D eigenvalue weighted by atomic mass is 16.3. The molecule has 2 heterocycles. The van der Waals surface area contributed by atoms with E-state index >= 15 is 0 Å². The molecular weight excluding hydrogens is 296 g/mol. The number of piperidine rings is 2. The van der Waals surface area contributed by atoms with E-state index in [9.17, 15) is 5.11 Å². The highest BCUT2D eigenvalue weighted by Gasteiger charge is 2.42. The van der Waals surface area contributed by atoms with Crippen molar-refractivity contribution in [3.8, 4) is 0 Å². The van der Waals surface area contributed by atoms with Crippen LogP contribution in [0.25, 0.3) is 10.8 Å². The highest BCUT2D eigenvalue weighted by molar-refractivity contribution is 5.82. The Kier molecular flexibility index (Phi) is 4.57. The maximum absolute atomic E-state index is 9.76. The molecule has 2 N–H and O–H groups in total. The van der Waals surface area contributed by atoms with E-state index in [0.29, 0.717) is 17.9 Å². The molecule has 0 amide bonds. The van der Waals surface area contributed by atoms with Crippen LogP contribution in [0.5, 0.6) is 0 Å². The van der Waals surface area contributed by atoms with Crippen LogP contribution in [-0.2, 0) is 6.54 Å². The van der Waals surface area contributed by atoms with E-state index in [0.717, 1.165) is 32.7 Å². The first-order valence-electron chi connectivity index (χ1n) is 9.31. The minimum atomic E-state index is 0.331. The lowest BCUT2D eigenvalue weighted by molar-refractivity contribution is -0.00582. The third-order valence-electron chi connectivity index (χ3n) is 6.35. The Bertz CT molecular complexity index is 691. The Morgan fingerprint density at radius 1 is 1.04 bits per heavy atom. The molecule has 0 unspecified atom stereocenters. The zero-order chi connectivity index (χ0) is 16.4. The molecule has 2 aromatic rings. The minimum absolute atomic E-state index is 0.331. The number of nitrogens with zero attached hydrogens (tertiary/aromatic N) is 1. The van der Waals surface area contributed by atoms with Gasteiger partial charge in [0.2, 0.25) is 0 Å². The fourth-order valence-electron chi connectivity index (χ4n) is 4.70. The first-order valence-corrected chi connectivity index (χ1v) is 9.31. The molecule has 3 nitrogen and oxygen atoms in total. The van der Waals surface area contributed by atoms with Crippen LogP contribution in [-0.4, -0.2) is 42.8 Å². The number of hydrogen-bond donors (Lipinski definition) is 2. The summed E-state index contributed by atoms with van der Waals surface area (Å²) in [7, 11) is 0. The molecule has 0 saturated carbocycles. The normalized spacial score (nSPS) is 24.5. The van der Waals surface area contributed by atoms with Crippen LogP contribution in [0, 0.1) is 11.3 Å². The summed E-state index contributed by atoms with van der Waals surface area (Å²) >= 11 is 0. The predicted octanol–water partition coefficient (Wildman–Crippen LogP) is 3.02. The van der Waals surface area contributed by atoms with E-state index < -0.39 is 0 Å². The van der Waals surface area contributed by atoms with Crippen molar-refractivity contribution in [2.75, 3.05) is 32.8 Å². The molecule has 0 bridgehead atoms. The summed E-state index contributed by atoms with van der Waals surface area (Å²) in [5, 5.41) is 15.9. The van der Waals surface area contributed by atoms with E-state index in [4.69, 9.17) is 0 Å². The van der Waals surface area contributed by atoms with Crippen molar-refractivity contribution in [2.45, 2.75) is 25.8 Å². The van der Waals surface area contributed by atoms with E-state index in [1.165, 1.54) is 35.6 Å². The molecule has 128 valence electrons. The third kappa shape index (κ3) is 3.08. The minimum Gasteiger partial charge on any atom is -0.396 e. The zero-order valence-corrected chi connectivity index (χ0v) is 14.4. The Hall–Kier alpha value is -1.42. The summed E-state index contributed by atoms with van der Waals surface area (Å²) in [4.78, 5) is 2.59. The Morgan fingerprint density at radius 3 is 2.62 bits per heavy atom. The van der Waals surface area contributed by atoms with Crippen LogP contribution in [0.2, 0.25) is 0 Å². The number of nitrogens with one attached hydrogen (secondary N) is 1. The van der Waals surface area contributed by atoms with Crippen LogP contribution >= 0.6 is 0 Å². The van der Waals surface area contributed by atoms with Crippen molar-refractivity contribution in [1.29, 1.82) is 0 Å². The van der Waals surface area contributed by atoms with Crippen molar-refractivity contribution >= 4 is 10.8 Å². The van der Waals surface area contributed by atoms with Crippen molar-refractivity contribution < 1.29 is 5.11 Å². The lowest BCUT2D eigenvalue weighted by atomic mass is 9.65. The first kappa shape index (κ1) is 16.1. The van der Waals surface area contributed by atoms with Crippen molar-refractivity contribution in [3.63, 3.8) is 0 Å². The van der Waals surface area contributed by atoms with E-state index in [1.807, 2.05) is 0 Å². The predicted molar refractivity (Wildman–Crippen MR) is 99.0 cm³/mol. The molecular formula is C21H28N2O. The lowest BCUT2D eigenvalue weighted by Crippen LogP contribution is -2.52. The number of likely N-dealkylation sites (tertiary alicyclic amines) is 1. The Labute approximate surface area is 144 Å². The largest absolute Gasteiger partial charge is 0.396 e. The molecule has 3 heteroatoms. The number of aliphatic hydroxyl groups is 1. The van der Waals surface area contributed by atoms with Crippen LogP contribution in [0.1, 0.15) is 24.8 Å². The summed E-state index contributed by atoms with van der Waals surface area (Å²) in [6.45, 7) is 5.79. The van der Waals surface area contributed by atoms with Gasteiger partial charge in [-0.2, -0.15) is 0 Å². The lowest BCUT2D eigenvalue weighted by Gasteiger charge is -2.49. The van der Waals surface area contributed by atoms with Crippen molar-refractivity contribution in [1.82, 2.24) is 10.2 Å². The van der Waals surface area contributed by atoms with Crippen LogP contribution in [0.3, 0.4) is 0 Å². The fourth-order valence-corrected chi connectivity index (χ4v) is 4.70. The smallest absolute Gasteiger partial charge is 0.0476 e. The molecule has 2 saturated heterocycles. The molecule has 24 heavy (non-hydrogen) atoms. The molecule has 4 rings (SSSR count). The number of aliphatic hydroxyl groups excluding tert-OH is 1. The van der Waals surface area contributed by atoms with Gasteiger partial charge in [-0.1, -0.05) is 36.4 Å². The second kappa shape index (κ2) is 6.83. The van der Waals surface area contributed by atoms with Gasteiger partial charge in [-0.05, 0) is 66.7 Å². The monoisotopic (exact) mass is 324 g/mol. The van der Waals surface area contributed by atoms with E-state index in [-0.39, 0.29) is 0 Å². The van der Waals surface area contributed by atoms with Gasteiger partial charge in [0.05, 0.1) is 0 Å². The quantitative estimate of drug-likeness (QED) is 0.911. The third-order valence-corrected chi connectivity index (χ3v) is 6.35. The van der Waals surface area contributed by atoms with Crippen LogP contribution < -0.4 is 5.32 Å². The molecule has 2 aliphatic rings. The standard InChI is InChI=1S/C21H28N2O/c24-16-20-14-22-10-7-21(20)8-11-23(12-9-21)15-17-5-6-18-3-1-2-4-19(18)13-17/h1-6,13,20,22,24H,7-12,14-16H2/t20-/m1/s1. The Balaban J connectivity index is 1.42. The maximum atomic E-state index is 9.76. The molecule has 2 fully saturated rings. The summed E-state index contributed by atoms with van der Waals surface area (Å²) in [6, 6.07) is 15.4. The molecule has 1 spiro atoms. The average molecular weight is 324 g/mol. The molecule has 1 atom stereocenters. The van der Waals surface area contributed by atoms with Gasteiger partial charge in [0, 0.05) is 25.6 Å². The number of hydrogen-bond acceptors (Lipinski definition) is 3. The van der Waals surface area contributed by atoms with Gasteiger partial charge in [0.25, 0.3) is 0 Å². The van der Waals surface area contributed by atoms with Gasteiger partial charge in [-0.3, -0.25) is 4.90 Å². The summed E-state index contributed by atoms with van der Waals surface area (Å²) in [5.74, 6) is 0.439. The van der Waals surface area contributed by atoms with E-state index in [1.54, 1.807) is 0 Å². The Morgan fingerprint density at radius 2 is 1.83 bits per heavy atom. The fraction of sp³-hybridized carbons (Fsp3) is 0.524. The van der Waals surface area contributed by atoms with Crippen LogP contribution in [0.4, 0.5) is 0 Å². The zero-order valence-electron chi connectivity index (χ0n) is 14.4. The van der Waals surface area contributed by atoms with Gasteiger partial charge in [0.15, 0.2) is 0 Å². The van der Waals surface area contributed by atoms with Crippen LogP contribution in [0.15, 0.2) is 42.5 Å². The summed E-state index contributed by atoms with van der Waals surface area (Å²) in [6.07, 6.45) is 3.68. The maximum Gasteiger partial charge on any atom is 0.0476 e. The summed E-state index contributed by atoms with van der Waals surface area (Å²) in [5.41, 5.74) is 1.79. The number of benzene rings is 2. The summed E-state index contributed by atoms with van der Waals surface area (Å²) < 4.78 is 0. The first-order chi connectivity index (χ1) is 11.8. The van der Waals surface area contributed by atoms with Crippen molar-refractivity contribution in [2.24, 2.45) is 11.3 Å². The average Bonchev–Trinajstić information content (AvgIpc) is 2.64. The highest BCUT2D eigenvalue weighted by Crippen LogP contribution is 2.43. The molecule has 2 aromatic carbocycles. The molecule has 0 aliphatic carbocycles. The van der Waals surface area contributed by atoms with Gasteiger partial charge in [0.1, 0.15) is 0 Å². The topological polar surface area (TPSA) is 35.5 Å². The SMILES string of the molecule is OC[C@H]1CNCCC12CCN(Cc1ccc3ccccc3c1)CC2. The van der Waals surface area contributed by atoms with Gasteiger partial charge in [-0.25, -0.2) is 0 Å². The number of fused-ring (bicyclic) bond motifs is 1. The molecule has 2 aliphatic heterocycles. The second-order valence-corrected chi connectivity index (χ2v) is 7.65. The van der Waals surface area contributed by atoms with Crippen molar-refractivity contribution in [3.05, 3.63) is 48.0 Å². The molecule has 0 aromatic heterocycles. The number of rotatable bonds is 3. The molecule has 0 radical (unpaired) electrons. The second-order valence-electron chi connectivity index (χ2n) is 7.65. The van der Waals surface area contributed by atoms with Gasteiger partial charge >= 0.3 is 0 Å². The van der Waals surface area contributed by atoms with Gasteiger partial charge in [-0.15, -0.1) is 0 Å². The van der Waals surface area contributed by atoms with Gasteiger partial charge < -0.3 is 10.4 Å².